The van der Waals surface area contributed by atoms with E-state index in [-0.39, 0.29) is 18.0 Å². The zero-order valence-electron chi connectivity index (χ0n) is 12.9. The number of carbonyl (C=O) groups is 1. The lowest BCUT2D eigenvalue weighted by atomic mass is 10.0. The number of rotatable bonds is 2. The molecule has 1 amide bonds. The zero-order chi connectivity index (χ0) is 15.5. The Morgan fingerprint density at radius 1 is 1.48 bits per heavy atom. The van der Waals surface area contributed by atoms with Gasteiger partial charge in [-0.3, -0.25) is 0 Å². The maximum atomic E-state index is 13.2. The van der Waals surface area contributed by atoms with E-state index in [9.17, 15) is 9.18 Å². The van der Waals surface area contributed by atoms with Gasteiger partial charge in [0.15, 0.2) is 0 Å². The quantitative estimate of drug-likeness (QED) is 0.911. The van der Waals surface area contributed by atoms with Crippen molar-refractivity contribution >= 4 is 6.09 Å². The summed E-state index contributed by atoms with van der Waals surface area (Å²) in [5.74, 6) is -0.229. The van der Waals surface area contributed by atoms with E-state index >= 15 is 0 Å². The Morgan fingerprint density at radius 2 is 2.24 bits per heavy atom. The minimum Gasteiger partial charge on any atom is -0.444 e. The van der Waals surface area contributed by atoms with Crippen LogP contribution in [-0.2, 0) is 11.2 Å². The van der Waals surface area contributed by atoms with Gasteiger partial charge in [0, 0.05) is 25.7 Å². The lowest BCUT2D eigenvalue weighted by molar-refractivity contribution is 0.0195. The number of nitrogens with one attached hydrogen (secondary N) is 1. The SMILES string of the molecule is CC(C)(C)OC(=O)N1CCN[C@H](Cc2cccc(F)c2)C1. The smallest absolute Gasteiger partial charge is 0.410 e. The van der Waals surface area contributed by atoms with Gasteiger partial charge in [0.1, 0.15) is 11.4 Å². The molecule has 0 unspecified atom stereocenters. The monoisotopic (exact) mass is 294 g/mol. The van der Waals surface area contributed by atoms with E-state index < -0.39 is 5.60 Å². The van der Waals surface area contributed by atoms with Gasteiger partial charge in [-0.2, -0.15) is 0 Å². The van der Waals surface area contributed by atoms with Crippen LogP contribution in [0.25, 0.3) is 0 Å². The summed E-state index contributed by atoms with van der Waals surface area (Å²) in [5.41, 5.74) is 0.443. The Morgan fingerprint density at radius 3 is 2.90 bits per heavy atom. The van der Waals surface area contributed by atoms with Gasteiger partial charge in [0.05, 0.1) is 0 Å². The molecule has 116 valence electrons. The van der Waals surface area contributed by atoms with Crippen molar-refractivity contribution < 1.29 is 13.9 Å². The van der Waals surface area contributed by atoms with E-state index in [1.807, 2.05) is 26.8 Å². The second-order valence-electron chi connectivity index (χ2n) is 6.41. The molecule has 1 heterocycles. The molecule has 0 radical (unpaired) electrons. The number of halogens is 1. The maximum Gasteiger partial charge on any atom is 0.410 e. The second-order valence-corrected chi connectivity index (χ2v) is 6.41. The van der Waals surface area contributed by atoms with E-state index in [1.165, 1.54) is 12.1 Å². The minimum atomic E-state index is -0.486. The normalized spacial score (nSPS) is 19.4. The molecule has 0 spiro atoms. The number of benzene rings is 1. The van der Waals surface area contributed by atoms with E-state index in [1.54, 1.807) is 11.0 Å². The van der Waals surface area contributed by atoms with Crippen molar-refractivity contribution in [2.24, 2.45) is 0 Å². The van der Waals surface area contributed by atoms with Crippen LogP contribution in [0.1, 0.15) is 26.3 Å². The van der Waals surface area contributed by atoms with Crippen molar-refractivity contribution in [3.63, 3.8) is 0 Å². The topological polar surface area (TPSA) is 41.6 Å². The van der Waals surface area contributed by atoms with Gasteiger partial charge in [0.2, 0.25) is 0 Å². The first-order valence-electron chi connectivity index (χ1n) is 7.29. The number of ether oxygens (including phenoxy) is 1. The summed E-state index contributed by atoms with van der Waals surface area (Å²) in [6, 6.07) is 6.70. The van der Waals surface area contributed by atoms with Gasteiger partial charge in [0.25, 0.3) is 0 Å². The molecule has 1 atom stereocenters. The maximum absolute atomic E-state index is 13.2. The average Bonchev–Trinajstić information content (AvgIpc) is 2.37. The van der Waals surface area contributed by atoms with Crippen molar-refractivity contribution in [1.29, 1.82) is 0 Å². The van der Waals surface area contributed by atoms with Gasteiger partial charge in [-0.1, -0.05) is 12.1 Å². The largest absolute Gasteiger partial charge is 0.444 e. The standard InChI is InChI=1S/C16H23FN2O2/c1-16(2,3)21-15(20)19-8-7-18-14(11-19)10-12-5-4-6-13(17)9-12/h4-6,9,14,18H,7-8,10-11H2,1-3H3/t14-/m1/s1. The molecule has 0 aliphatic carbocycles. The van der Waals surface area contributed by atoms with Crippen LogP contribution in [0.2, 0.25) is 0 Å². The molecule has 0 bridgehead atoms. The van der Waals surface area contributed by atoms with Crippen LogP contribution >= 0.6 is 0 Å². The summed E-state index contributed by atoms with van der Waals surface area (Å²) in [7, 11) is 0. The minimum absolute atomic E-state index is 0.119. The predicted molar refractivity (Wildman–Crippen MR) is 79.7 cm³/mol. The highest BCUT2D eigenvalue weighted by molar-refractivity contribution is 5.68. The number of hydrogen-bond acceptors (Lipinski definition) is 3. The van der Waals surface area contributed by atoms with Crippen molar-refractivity contribution in [2.75, 3.05) is 19.6 Å². The average molecular weight is 294 g/mol. The molecule has 1 N–H and O–H groups in total. The van der Waals surface area contributed by atoms with Crippen LogP contribution in [0.15, 0.2) is 24.3 Å². The fourth-order valence-corrected chi connectivity index (χ4v) is 2.40. The molecule has 1 aromatic carbocycles. The number of nitrogens with zero attached hydrogens (tertiary/aromatic N) is 1. The fourth-order valence-electron chi connectivity index (χ4n) is 2.40. The van der Waals surface area contributed by atoms with Gasteiger partial charge >= 0.3 is 6.09 Å². The molecular weight excluding hydrogens is 271 g/mol. The highest BCUT2D eigenvalue weighted by atomic mass is 19.1. The summed E-state index contributed by atoms with van der Waals surface area (Å²) < 4.78 is 18.6. The Labute approximate surface area is 125 Å². The molecule has 21 heavy (non-hydrogen) atoms. The summed E-state index contributed by atoms with van der Waals surface area (Å²) in [6.07, 6.45) is 0.407. The van der Waals surface area contributed by atoms with E-state index in [2.05, 4.69) is 5.32 Å². The third-order valence-electron chi connectivity index (χ3n) is 3.28. The van der Waals surface area contributed by atoms with Crippen LogP contribution in [0.5, 0.6) is 0 Å². The first kappa shape index (κ1) is 15.8. The molecular formula is C16H23FN2O2. The van der Waals surface area contributed by atoms with Crippen LogP contribution in [0.3, 0.4) is 0 Å². The number of hydrogen-bond donors (Lipinski definition) is 1. The van der Waals surface area contributed by atoms with Crippen molar-refractivity contribution in [3.05, 3.63) is 35.6 Å². The molecule has 0 aromatic heterocycles. The molecule has 1 aromatic rings. The molecule has 0 saturated carbocycles. The van der Waals surface area contributed by atoms with Crippen LogP contribution in [-0.4, -0.2) is 42.3 Å². The van der Waals surface area contributed by atoms with Gasteiger partial charge in [-0.25, -0.2) is 9.18 Å². The third-order valence-corrected chi connectivity index (χ3v) is 3.28. The van der Waals surface area contributed by atoms with Crippen LogP contribution in [0, 0.1) is 5.82 Å². The number of piperazine rings is 1. The molecule has 1 aliphatic heterocycles. The highest BCUT2D eigenvalue weighted by Crippen LogP contribution is 2.13. The number of carbonyl (C=O) groups excluding carboxylic acids is 1. The molecule has 1 fully saturated rings. The van der Waals surface area contributed by atoms with Crippen LogP contribution < -0.4 is 5.32 Å². The highest BCUT2D eigenvalue weighted by Gasteiger charge is 2.27. The van der Waals surface area contributed by atoms with Crippen molar-refractivity contribution in [2.45, 2.75) is 38.8 Å². The molecule has 4 nitrogen and oxygen atoms in total. The van der Waals surface area contributed by atoms with E-state index in [0.717, 1.165) is 12.1 Å². The lowest BCUT2D eigenvalue weighted by Gasteiger charge is -2.35. The summed E-state index contributed by atoms with van der Waals surface area (Å²) in [4.78, 5) is 13.8. The molecule has 1 aliphatic rings. The lowest BCUT2D eigenvalue weighted by Crippen LogP contribution is -2.54. The Kier molecular flexibility index (Phi) is 4.83. The van der Waals surface area contributed by atoms with Gasteiger partial charge in [-0.15, -0.1) is 0 Å². The van der Waals surface area contributed by atoms with E-state index in [4.69, 9.17) is 4.74 Å². The molecule has 5 heteroatoms. The fraction of sp³-hybridized carbons (Fsp3) is 0.562. The first-order valence-corrected chi connectivity index (χ1v) is 7.29. The van der Waals surface area contributed by atoms with Gasteiger partial charge in [-0.05, 0) is 44.9 Å². The molecule has 1 saturated heterocycles. The van der Waals surface area contributed by atoms with Crippen molar-refractivity contribution in [1.82, 2.24) is 10.2 Å². The Balaban J connectivity index is 1.93. The first-order chi connectivity index (χ1) is 9.83. The zero-order valence-corrected chi connectivity index (χ0v) is 12.9. The third kappa shape index (κ3) is 5.01. The van der Waals surface area contributed by atoms with Crippen molar-refractivity contribution in [3.8, 4) is 0 Å². The summed E-state index contributed by atoms with van der Waals surface area (Å²) in [6.45, 7) is 7.51. The summed E-state index contributed by atoms with van der Waals surface area (Å²) in [5, 5.41) is 3.36. The second kappa shape index (κ2) is 6.43. The Hall–Kier alpha value is -1.62. The Bertz CT molecular complexity index is 499. The van der Waals surface area contributed by atoms with Gasteiger partial charge < -0.3 is 15.0 Å². The van der Waals surface area contributed by atoms with Crippen LogP contribution in [0.4, 0.5) is 9.18 Å². The number of amides is 1. The molecule has 2 rings (SSSR count). The van der Waals surface area contributed by atoms with E-state index in [0.29, 0.717) is 19.5 Å². The predicted octanol–water partition coefficient (Wildman–Crippen LogP) is 2.58. The summed E-state index contributed by atoms with van der Waals surface area (Å²) >= 11 is 0.